The molecule has 2 N–H and O–H groups in total. The van der Waals surface area contributed by atoms with Crippen LogP contribution >= 0.6 is 11.6 Å². The Morgan fingerprint density at radius 3 is 2.16 bits per heavy atom. The van der Waals surface area contributed by atoms with Gasteiger partial charge in [0.05, 0.1) is 16.9 Å². The standard InChI is InChI=1S/C42H38ClN3O3/c1-3-5-22-46(23-6-4-2)29-20-21-33(37(47)24-29)35-25-34-31-14-10-11-15-32(31)42(48)40-36(44-28-18-16-27(43)17-19-28)26-38(41(45-35)39(34)40)49-30-12-8-7-9-13-30/h7-21,24-26,44,47H,3-6,22-23H2,1-2H3. The van der Waals surface area contributed by atoms with Crippen LogP contribution in [-0.4, -0.2) is 29.0 Å². The van der Waals surface area contributed by atoms with Gasteiger partial charge in [0, 0.05) is 58.1 Å². The zero-order valence-electron chi connectivity index (χ0n) is 27.7. The number of aromatic hydroxyl groups is 1. The lowest BCUT2D eigenvalue weighted by molar-refractivity contribution is 0.104. The second kappa shape index (κ2) is 14.0. The molecule has 1 heterocycles. The lowest BCUT2D eigenvalue weighted by Gasteiger charge is -2.26. The zero-order chi connectivity index (χ0) is 33.9. The molecule has 0 saturated heterocycles. The van der Waals surface area contributed by atoms with Crippen molar-refractivity contribution in [1.29, 1.82) is 0 Å². The summed E-state index contributed by atoms with van der Waals surface area (Å²) < 4.78 is 6.53. The molecule has 0 spiro atoms. The minimum atomic E-state index is -0.100. The van der Waals surface area contributed by atoms with Crippen molar-refractivity contribution in [3.8, 4) is 39.6 Å². The van der Waals surface area contributed by atoms with Crippen LogP contribution in [0, 0.1) is 0 Å². The summed E-state index contributed by atoms with van der Waals surface area (Å²) >= 11 is 6.19. The minimum absolute atomic E-state index is 0.100. The third-order valence-electron chi connectivity index (χ3n) is 9.02. The number of aromatic nitrogens is 1. The summed E-state index contributed by atoms with van der Waals surface area (Å²) in [6.45, 7) is 6.27. The molecule has 5 aromatic carbocycles. The molecule has 1 aromatic heterocycles. The molecule has 6 aromatic rings. The van der Waals surface area contributed by atoms with Gasteiger partial charge in [0.15, 0.2) is 11.5 Å². The van der Waals surface area contributed by atoms with Crippen LogP contribution in [0.3, 0.4) is 0 Å². The molecule has 0 saturated carbocycles. The maximum absolute atomic E-state index is 14.3. The lowest BCUT2D eigenvalue weighted by atomic mass is 9.82. The van der Waals surface area contributed by atoms with Crippen molar-refractivity contribution in [2.45, 2.75) is 39.5 Å². The Morgan fingerprint density at radius 2 is 1.47 bits per heavy atom. The van der Waals surface area contributed by atoms with Gasteiger partial charge in [-0.2, -0.15) is 0 Å². The zero-order valence-corrected chi connectivity index (χ0v) is 28.4. The van der Waals surface area contributed by atoms with Gasteiger partial charge in [0.1, 0.15) is 17.0 Å². The topological polar surface area (TPSA) is 74.7 Å². The molecule has 0 atom stereocenters. The first-order chi connectivity index (χ1) is 23.9. The third kappa shape index (κ3) is 6.44. The molecule has 0 radical (unpaired) electrons. The van der Waals surface area contributed by atoms with Crippen LogP contribution in [0.25, 0.3) is 33.3 Å². The molecule has 7 heteroatoms. The van der Waals surface area contributed by atoms with Crippen molar-refractivity contribution in [1.82, 2.24) is 4.98 Å². The maximum atomic E-state index is 14.3. The van der Waals surface area contributed by atoms with E-state index in [9.17, 15) is 9.90 Å². The molecular formula is C42H38ClN3O3. The Bertz CT molecular complexity index is 2140. The number of hydrogen-bond acceptors (Lipinski definition) is 6. The minimum Gasteiger partial charge on any atom is -0.507 e. The number of hydrogen-bond donors (Lipinski definition) is 2. The van der Waals surface area contributed by atoms with Crippen LogP contribution in [0.1, 0.15) is 55.5 Å². The van der Waals surface area contributed by atoms with Crippen LogP contribution in [0.2, 0.25) is 5.02 Å². The van der Waals surface area contributed by atoms with Gasteiger partial charge in [-0.1, -0.05) is 80.8 Å². The van der Waals surface area contributed by atoms with E-state index in [1.807, 2.05) is 91.0 Å². The molecule has 6 nitrogen and oxygen atoms in total. The number of fused-ring (bicyclic) bond motifs is 2. The predicted octanol–water partition coefficient (Wildman–Crippen LogP) is 11.4. The number of carbonyl (C=O) groups is 1. The number of unbranched alkanes of at least 4 members (excludes halogenated alkanes) is 2. The lowest BCUT2D eigenvalue weighted by Crippen LogP contribution is -2.25. The fourth-order valence-corrected chi connectivity index (χ4v) is 6.63. The normalized spacial score (nSPS) is 11.8. The van der Waals surface area contributed by atoms with Gasteiger partial charge in [-0.15, -0.1) is 0 Å². The van der Waals surface area contributed by atoms with Crippen LogP contribution in [0.15, 0.2) is 109 Å². The number of nitrogens with zero attached hydrogens (tertiary/aromatic N) is 2. The average molecular weight is 668 g/mol. The summed E-state index contributed by atoms with van der Waals surface area (Å²) in [7, 11) is 0. The second-order valence-corrected chi connectivity index (χ2v) is 12.8. The van der Waals surface area contributed by atoms with Crippen molar-refractivity contribution in [2.75, 3.05) is 23.3 Å². The van der Waals surface area contributed by atoms with Gasteiger partial charge >= 0.3 is 0 Å². The summed E-state index contributed by atoms with van der Waals surface area (Å²) in [5, 5.41) is 16.3. The molecular weight excluding hydrogens is 630 g/mol. The smallest absolute Gasteiger partial charge is 0.196 e. The van der Waals surface area contributed by atoms with Crippen LogP contribution in [-0.2, 0) is 0 Å². The molecule has 0 bridgehead atoms. The molecule has 246 valence electrons. The predicted molar refractivity (Wildman–Crippen MR) is 201 cm³/mol. The first kappa shape index (κ1) is 32.2. The number of nitrogens with one attached hydrogen (secondary N) is 1. The van der Waals surface area contributed by atoms with Crippen molar-refractivity contribution in [3.63, 3.8) is 0 Å². The Labute approximate surface area is 292 Å². The van der Waals surface area contributed by atoms with E-state index in [0.29, 0.717) is 55.5 Å². The Balaban J connectivity index is 1.44. The van der Waals surface area contributed by atoms with Crippen molar-refractivity contribution in [2.24, 2.45) is 0 Å². The van der Waals surface area contributed by atoms with E-state index in [1.54, 1.807) is 12.1 Å². The van der Waals surface area contributed by atoms with Gasteiger partial charge in [0.2, 0.25) is 0 Å². The quantitative estimate of drug-likeness (QED) is 0.135. The molecule has 0 fully saturated rings. The summed E-state index contributed by atoms with van der Waals surface area (Å²) in [6, 6.07) is 34.2. The first-order valence-electron chi connectivity index (χ1n) is 16.9. The maximum Gasteiger partial charge on any atom is 0.196 e. The monoisotopic (exact) mass is 667 g/mol. The van der Waals surface area contributed by atoms with Crippen LogP contribution in [0.4, 0.5) is 17.1 Å². The second-order valence-electron chi connectivity index (χ2n) is 12.4. The number of halogens is 1. The Kier molecular flexibility index (Phi) is 9.23. The number of pyridine rings is 1. The fraction of sp³-hybridized carbons (Fsp3) is 0.190. The number of phenols is 1. The average Bonchev–Trinajstić information content (AvgIpc) is 3.12. The van der Waals surface area contributed by atoms with E-state index in [1.165, 1.54) is 0 Å². The highest BCUT2D eigenvalue weighted by Gasteiger charge is 2.31. The molecule has 1 aliphatic carbocycles. The number of phenolic OH excluding ortho intramolecular Hbond substituents is 1. The van der Waals surface area contributed by atoms with Gasteiger partial charge in [-0.3, -0.25) is 4.79 Å². The SMILES string of the molecule is CCCCN(CCCC)c1ccc(-c2cc3c4c(c(Nc5ccc(Cl)cc5)cc(Oc5ccccc5)c4n2)C(=O)c2ccccc2-3)c(O)c1. The van der Waals surface area contributed by atoms with E-state index in [0.717, 1.165) is 61.3 Å². The van der Waals surface area contributed by atoms with E-state index < -0.39 is 0 Å². The number of ether oxygens (including phenoxy) is 1. The van der Waals surface area contributed by atoms with Crippen molar-refractivity contribution < 1.29 is 14.6 Å². The van der Waals surface area contributed by atoms with E-state index in [-0.39, 0.29) is 11.5 Å². The molecule has 0 unspecified atom stereocenters. The highest BCUT2D eigenvalue weighted by molar-refractivity contribution is 6.31. The number of para-hydroxylation sites is 1. The molecule has 0 amide bonds. The summed E-state index contributed by atoms with van der Waals surface area (Å²) in [4.78, 5) is 21.8. The van der Waals surface area contributed by atoms with Gasteiger partial charge in [-0.05, 0) is 78.6 Å². The molecule has 7 rings (SSSR count). The molecule has 1 aliphatic rings. The number of ketones is 1. The number of carbonyl (C=O) groups excluding carboxylic acids is 1. The van der Waals surface area contributed by atoms with Gasteiger partial charge in [0.25, 0.3) is 0 Å². The molecule has 49 heavy (non-hydrogen) atoms. The highest BCUT2D eigenvalue weighted by atomic mass is 35.5. The number of benzene rings is 5. The third-order valence-corrected chi connectivity index (χ3v) is 9.27. The number of anilines is 3. The van der Waals surface area contributed by atoms with E-state index in [2.05, 4.69) is 30.1 Å². The van der Waals surface area contributed by atoms with Crippen molar-refractivity contribution >= 4 is 45.3 Å². The molecule has 0 aliphatic heterocycles. The van der Waals surface area contributed by atoms with E-state index >= 15 is 0 Å². The van der Waals surface area contributed by atoms with Gasteiger partial charge < -0.3 is 20.1 Å². The highest BCUT2D eigenvalue weighted by Crippen LogP contribution is 2.48. The van der Waals surface area contributed by atoms with E-state index in [4.69, 9.17) is 21.3 Å². The number of rotatable bonds is 12. The largest absolute Gasteiger partial charge is 0.507 e. The fourth-order valence-electron chi connectivity index (χ4n) is 6.50. The first-order valence-corrected chi connectivity index (χ1v) is 17.3. The Hall–Kier alpha value is -5.33. The van der Waals surface area contributed by atoms with Crippen LogP contribution in [0.5, 0.6) is 17.2 Å². The summed E-state index contributed by atoms with van der Waals surface area (Å²) in [5.74, 6) is 1.18. The van der Waals surface area contributed by atoms with Gasteiger partial charge in [-0.25, -0.2) is 4.98 Å². The Morgan fingerprint density at radius 1 is 0.776 bits per heavy atom. The van der Waals surface area contributed by atoms with Crippen LogP contribution < -0.4 is 15.0 Å². The van der Waals surface area contributed by atoms with Crippen molar-refractivity contribution in [3.05, 3.63) is 125 Å². The summed E-state index contributed by atoms with van der Waals surface area (Å²) in [5.41, 5.74) is 6.88. The summed E-state index contributed by atoms with van der Waals surface area (Å²) in [6.07, 6.45) is 4.38.